The fourth-order valence-electron chi connectivity index (χ4n) is 2.37. The van der Waals surface area contributed by atoms with E-state index in [1.807, 2.05) is 0 Å². The molecule has 0 aliphatic heterocycles. The topological polar surface area (TPSA) is 43.4 Å². The summed E-state index contributed by atoms with van der Waals surface area (Å²) in [5.74, 6) is -1.05. The molecule has 2 aromatic carbocycles. The average Bonchev–Trinajstić information content (AvgIpc) is 2.50. The first-order valence-electron chi connectivity index (χ1n) is 6.61. The lowest BCUT2D eigenvalue weighted by atomic mass is 9.86. The van der Waals surface area contributed by atoms with Gasteiger partial charge in [0, 0.05) is 16.7 Å². The molecule has 0 aromatic heterocycles. The van der Waals surface area contributed by atoms with Gasteiger partial charge < -0.3 is 4.74 Å². The zero-order valence-electron chi connectivity index (χ0n) is 11.6. The van der Waals surface area contributed by atoms with Gasteiger partial charge in [0.2, 0.25) is 0 Å². The quantitative estimate of drug-likeness (QED) is 0.839. The van der Waals surface area contributed by atoms with E-state index in [9.17, 15) is 22.8 Å². The summed E-state index contributed by atoms with van der Waals surface area (Å²) in [6.07, 6.45) is -3.58. The van der Waals surface area contributed by atoms with Crippen LogP contribution in [0, 0.1) is 0 Å². The normalized spacial score (nSPS) is 14.3. The zero-order chi connectivity index (χ0) is 16.6. The molecule has 1 aliphatic rings. The molecule has 0 amide bonds. The van der Waals surface area contributed by atoms with E-state index in [1.54, 1.807) is 24.3 Å². The minimum absolute atomic E-state index is 0.146. The molecule has 0 atom stereocenters. The molecule has 3 rings (SSSR count). The standard InChI is InChI=1S/C17H9F3O3/c18-17(19,20)23-11-7-5-10(6-8-11)14-9-15(21)12-3-1-2-4-13(12)16(14)22/h1-9H. The van der Waals surface area contributed by atoms with Gasteiger partial charge in [0.05, 0.1) is 0 Å². The van der Waals surface area contributed by atoms with Crippen LogP contribution in [0.15, 0.2) is 54.6 Å². The second kappa shape index (κ2) is 5.39. The summed E-state index contributed by atoms with van der Waals surface area (Å²) >= 11 is 0. The van der Waals surface area contributed by atoms with Gasteiger partial charge in [-0.05, 0) is 23.8 Å². The number of carbonyl (C=O) groups excluding carboxylic acids is 2. The lowest BCUT2D eigenvalue weighted by molar-refractivity contribution is -0.274. The van der Waals surface area contributed by atoms with Crippen LogP contribution in [0.4, 0.5) is 13.2 Å². The van der Waals surface area contributed by atoms with Gasteiger partial charge in [-0.15, -0.1) is 13.2 Å². The molecule has 1 aliphatic carbocycles. The van der Waals surface area contributed by atoms with Gasteiger partial charge in [0.25, 0.3) is 0 Å². The fourth-order valence-corrected chi connectivity index (χ4v) is 2.37. The van der Waals surface area contributed by atoms with Crippen molar-refractivity contribution >= 4 is 17.1 Å². The van der Waals surface area contributed by atoms with E-state index in [4.69, 9.17) is 0 Å². The number of benzene rings is 2. The molecular formula is C17H9F3O3. The Morgan fingerprint density at radius 2 is 1.43 bits per heavy atom. The number of hydrogen-bond donors (Lipinski definition) is 0. The van der Waals surface area contributed by atoms with Crippen LogP contribution in [0.25, 0.3) is 5.57 Å². The van der Waals surface area contributed by atoms with Crippen molar-refractivity contribution in [2.75, 3.05) is 0 Å². The Morgan fingerprint density at radius 3 is 2.04 bits per heavy atom. The summed E-state index contributed by atoms with van der Waals surface area (Å²) < 4.78 is 40.2. The highest BCUT2D eigenvalue weighted by atomic mass is 19.4. The number of ketones is 2. The first-order valence-corrected chi connectivity index (χ1v) is 6.61. The summed E-state index contributed by atoms with van der Waals surface area (Å²) in [7, 11) is 0. The van der Waals surface area contributed by atoms with Crippen LogP contribution >= 0.6 is 0 Å². The SMILES string of the molecule is O=C1C=C(c2ccc(OC(F)(F)F)cc2)C(=O)c2ccccc21. The smallest absolute Gasteiger partial charge is 0.406 e. The monoisotopic (exact) mass is 318 g/mol. The van der Waals surface area contributed by atoms with E-state index >= 15 is 0 Å². The van der Waals surface area contributed by atoms with Gasteiger partial charge in [0.15, 0.2) is 11.6 Å². The lowest BCUT2D eigenvalue weighted by Crippen LogP contribution is -2.17. The minimum Gasteiger partial charge on any atom is -0.406 e. The Balaban J connectivity index is 1.94. The molecule has 23 heavy (non-hydrogen) atoms. The molecule has 0 bridgehead atoms. The number of Topliss-reactive ketones (excluding diaryl/α,β-unsaturated/α-hetero) is 1. The maximum absolute atomic E-state index is 12.4. The molecule has 0 radical (unpaired) electrons. The molecule has 0 saturated carbocycles. The Bertz CT molecular complexity index is 818. The summed E-state index contributed by atoms with van der Waals surface area (Å²) in [6, 6.07) is 11.2. The van der Waals surface area contributed by atoms with Crippen molar-refractivity contribution in [2.24, 2.45) is 0 Å². The number of ether oxygens (including phenoxy) is 1. The van der Waals surface area contributed by atoms with Crippen LogP contribution < -0.4 is 4.74 Å². The van der Waals surface area contributed by atoms with Crippen LogP contribution in [-0.4, -0.2) is 17.9 Å². The number of allylic oxidation sites excluding steroid dienone is 2. The molecule has 116 valence electrons. The molecule has 0 heterocycles. The second-order valence-electron chi connectivity index (χ2n) is 4.87. The number of alkyl halides is 3. The second-order valence-corrected chi connectivity index (χ2v) is 4.87. The number of halogens is 3. The first kappa shape index (κ1) is 15.0. The van der Waals surface area contributed by atoms with Gasteiger partial charge in [-0.2, -0.15) is 0 Å². The third-order valence-corrected chi connectivity index (χ3v) is 3.36. The van der Waals surface area contributed by atoms with Crippen LogP contribution in [0.3, 0.4) is 0 Å². The lowest BCUT2D eigenvalue weighted by Gasteiger charge is -2.15. The highest BCUT2D eigenvalue weighted by Gasteiger charge is 2.31. The fraction of sp³-hybridized carbons (Fsp3) is 0.0588. The number of rotatable bonds is 2. The number of fused-ring (bicyclic) bond motifs is 1. The van der Waals surface area contributed by atoms with E-state index in [1.165, 1.54) is 18.2 Å². The van der Waals surface area contributed by atoms with E-state index in [0.29, 0.717) is 11.1 Å². The van der Waals surface area contributed by atoms with E-state index in [-0.39, 0.29) is 22.7 Å². The van der Waals surface area contributed by atoms with Gasteiger partial charge in [-0.25, -0.2) is 0 Å². The Labute approximate surface area is 129 Å². The van der Waals surface area contributed by atoms with Crippen molar-refractivity contribution in [1.82, 2.24) is 0 Å². The molecule has 0 unspecified atom stereocenters. The number of carbonyl (C=O) groups is 2. The summed E-state index contributed by atoms with van der Waals surface area (Å²) in [4.78, 5) is 24.5. The van der Waals surface area contributed by atoms with E-state index in [0.717, 1.165) is 12.1 Å². The highest BCUT2D eigenvalue weighted by Crippen LogP contribution is 2.30. The molecule has 0 N–H and O–H groups in total. The Hall–Kier alpha value is -2.89. The Morgan fingerprint density at radius 1 is 0.826 bits per heavy atom. The molecular weight excluding hydrogens is 309 g/mol. The molecule has 0 spiro atoms. The molecule has 2 aromatic rings. The van der Waals surface area contributed by atoms with Gasteiger partial charge >= 0.3 is 6.36 Å². The number of hydrogen-bond acceptors (Lipinski definition) is 3. The summed E-state index contributed by atoms with van der Waals surface area (Å²) in [5, 5.41) is 0. The highest BCUT2D eigenvalue weighted by molar-refractivity contribution is 6.38. The van der Waals surface area contributed by atoms with Crippen molar-refractivity contribution in [3.63, 3.8) is 0 Å². The predicted octanol–water partition coefficient (Wildman–Crippen LogP) is 4.05. The molecule has 6 heteroatoms. The maximum Gasteiger partial charge on any atom is 0.573 e. The molecule has 0 fully saturated rings. The van der Waals surface area contributed by atoms with Crippen LogP contribution in [0.5, 0.6) is 5.75 Å². The van der Waals surface area contributed by atoms with Crippen molar-refractivity contribution in [1.29, 1.82) is 0 Å². The largest absolute Gasteiger partial charge is 0.573 e. The van der Waals surface area contributed by atoms with Gasteiger partial charge in [0.1, 0.15) is 5.75 Å². The maximum atomic E-state index is 12.4. The third-order valence-electron chi connectivity index (χ3n) is 3.36. The van der Waals surface area contributed by atoms with Crippen molar-refractivity contribution in [3.05, 3.63) is 71.3 Å². The van der Waals surface area contributed by atoms with Crippen LogP contribution in [-0.2, 0) is 0 Å². The van der Waals surface area contributed by atoms with E-state index in [2.05, 4.69) is 4.74 Å². The van der Waals surface area contributed by atoms with Gasteiger partial charge in [-0.3, -0.25) is 9.59 Å². The molecule has 3 nitrogen and oxygen atoms in total. The van der Waals surface area contributed by atoms with Gasteiger partial charge in [-0.1, -0.05) is 36.4 Å². The van der Waals surface area contributed by atoms with Crippen LogP contribution in [0.1, 0.15) is 26.3 Å². The average molecular weight is 318 g/mol. The summed E-state index contributed by atoms with van der Waals surface area (Å²) in [5.41, 5.74) is 1.10. The Kier molecular flexibility index (Phi) is 3.52. The van der Waals surface area contributed by atoms with Crippen molar-refractivity contribution in [2.45, 2.75) is 6.36 Å². The van der Waals surface area contributed by atoms with Crippen molar-refractivity contribution in [3.8, 4) is 5.75 Å². The third kappa shape index (κ3) is 3.01. The van der Waals surface area contributed by atoms with E-state index < -0.39 is 12.1 Å². The van der Waals surface area contributed by atoms with Crippen molar-refractivity contribution < 1.29 is 27.5 Å². The minimum atomic E-state index is -4.78. The molecule has 0 saturated heterocycles. The summed E-state index contributed by atoms with van der Waals surface area (Å²) in [6.45, 7) is 0. The van der Waals surface area contributed by atoms with Crippen LogP contribution in [0.2, 0.25) is 0 Å². The predicted molar refractivity (Wildman–Crippen MR) is 76.2 cm³/mol. The first-order chi connectivity index (χ1) is 10.8. The zero-order valence-corrected chi connectivity index (χ0v) is 11.6.